The topological polar surface area (TPSA) is 84.0 Å². The lowest BCUT2D eigenvalue weighted by Crippen LogP contribution is -2.38. The normalized spacial score (nSPS) is 13.9. The number of sulfonamides is 1. The van der Waals surface area contributed by atoms with E-state index in [4.69, 9.17) is 16.3 Å². The highest BCUT2D eigenvalue weighted by Crippen LogP contribution is 2.27. The zero-order valence-corrected chi connectivity index (χ0v) is 17.7. The molecular formula is C20H21ClN2O5S. The SMILES string of the molecule is CN(C)S(=O)(=O)c1ccc(Cl)c(C(=O)OCC(=O)N2CCCc3ccccc32)c1. The van der Waals surface area contributed by atoms with E-state index in [0.717, 1.165) is 34.5 Å². The summed E-state index contributed by atoms with van der Waals surface area (Å²) in [5, 5.41) is 0.0449. The molecule has 0 bridgehead atoms. The highest BCUT2D eigenvalue weighted by Gasteiger charge is 2.25. The van der Waals surface area contributed by atoms with E-state index >= 15 is 0 Å². The molecule has 0 fully saturated rings. The zero-order chi connectivity index (χ0) is 21.2. The number of carbonyl (C=O) groups excluding carboxylic acids is 2. The molecule has 0 aliphatic carbocycles. The number of benzene rings is 2. The number of halogens is 1. The smallest absolute Gasteiger partial charge is 0.340 e. The van der Waals surface area contributed by atoms with E-state index in [1.807, 2.05) is 24.3 Å². The third kappa shape index (κ3) is 4.44. The van der Waals surface area contributed by atoms with Crippen molar-refractivity contribution in [2.45, 2.75) is 17.7 Å². The number of rotatable bonds is 5. The first-order chi connectivity index (χ1) is 13.7. The lowest BCUT2D eigenvalue weighted by Gasteiger charge is -2.29. The molecule has 0 aromatic heterocycles. The van der Waals surface area contributed by atoms with Crippen LogP contribution in [0.3, 0.4) is 0 Å². The molecule has 1 aliphatic heterocycles. The van der Waals surface area contributed by atoms with Gasteiger partial charge in [-0.2, -0.15) is 0 Å². The second kappa shape index (κ2) is 8.52. The molecule has 1 aliphatic rings. The summed E-state index contributed by atoms with van der Waals surface area (Å²) >= 11 is 6.05. The number of carbonyl (C=O) groups is 2. The van der Waals surface area contributed by atoms with Gasteiger partial charge >= 0.3 is 5.97 Å². The lowest BCUT2D eigenvalue weighted by atomic mass is 10.0. The Kier molecular flexibility index (Phi) is 6.26. The molecule has 1 amide bonds. The van der Waals surface area contributed by atoms with Gasteiger partial charge < -0.3 is 9.64 Å². The summed E-state index contributed by atoms with van der Waals surface area (Å²) in [5.74, 6) is -1.21. The standard InChI is InChI=1S/C20H21ClN2O5S/c1-22(2)29(26,27)15-9-10-17(21)16(12-15)20(25)28-13-19(24)23-11-5-7-14-6-3-4-8-18(14)23/h3-4,6,8-10,12H,5,7,11,13H2,1-2H3. The van der Waals surface area contributed by atoms with Crippen molar-refractivity contribution < 1.29 is 22.7 Å². The molecule has 1 heterocycles. The Hall–Kier alpha value is -2.42. The van der Waals surface area contributed by atoms with Crippen molar-refractivity contribution in [3.05, 3.63) is 58.6 Å². The summed E-state index contributed by atoms with van der Waals surface area (Å²) in [4.78, 5) is 26.6. The van der Waals surface area contributed by atoms with Gasteiger partial charge in [-0.3, -0.25) is 4.79 Å². The quantitative estimate of drug-likeness (QED) is 0.673. The molecule has 9 heteroatoms. The van der Waals surface area contributed by atoms with Gasteiger partial charge in [0.15, 0.2) is 6.61 Å². The van der Waals surface area contributed by atoms with Crippen LogP contribution in [-0.4, -0.2) is 51.8 Å². The van der Waals surface area contributed by atoms with Gasteiger partial charge in [0, 0.05) is 26.3 Å². The number of para-hydroxylation sites is 1. The molecule has 0 radical (unpaired) electrons. The van der Waals surface area contributed by atoms with Crippen LogP contribution in [0.1, 0.15) is 22.3 Å². The molecular weight excluding hydrogens is 416 g/mol. The molecule has 0 unspecified atom stereocenters. The largest absolute Gasteiger partial charge is 0.452 e. The van der Waals surface area contributed by atoms with Gasteiger partial charge in [-0.25, -0.2) is 17.5 Å². The Morgan fingerprint density at radius 1 is 1.17 bits per heavy atom. The van der Waals surface area contributed by atoms with Crippen molar-refractivity contribution >= 4 is 39.2 Å². The van der Waals surface area contributed by atoms with Gasteiger partial charge in [0.1, 0.15) is 0 Å². The van der Waals surface area contributed by atoms with Crippen molar-refractivity contribution in [1.82, 2.24) is 4.31 Å². The molecule has 3 rings (SSSR count). The van der Waals surface area contributed by atoms with Gasteiger partial charge in [-0.1, -0.05) is 29.8 Å². The first-order valence-corrected chi connectivity index (χ1v) is 10.8. The second-order valence-electron chi connectivity index (χ2n) is 6.78. The molecule has 0 saturated carbocycles. The Morgan fingerprint density at radius 2 is 1.90 bits per heavy atom. The van der Waals surface area contributed by atoms with Crippen LogP contribution in [0.25, 0.3) is 0 Å². The van der Waals surface area contributed by atoms with Crippen molar-refractivity contribution in [2.75, 3.05) is 32.1 Å². The zero-order valence-electron chi connectivity index (χ0n) is 16.1. The molecule has 2 aromatic carbocycles. The molecule has 29 heavy (non-hydrogen) atoms. The van der Waals surface area contributed by atoms with Gasteiger partial charge in [0.25, 0.3) is 5.91 Å². The number of hydrogen-bond donors (Lipinski definition) is 0. The number of nitrogens with zero attached hydrogens (tertiary/aromatic N) is 2. The Labute approximate surface area is 174 Å². The minimum absolute atomic E-state index is 0.0449. The van der Waals surface area contributed by atoms with Crippen LogP contribution >= 0.6 is 11.6 Å². The molecule has 0 spiro atoms. The average Bonchev–Trinajstić information content (AvgIpc) is 2.71. The number of anilines is 1. The minimum atomic E-state index is -3.74. The average molecular weight is 437 g/mol. The van der Waals surface area contributed by atoms with Crippen LogP contribution in [0.4, 0.5) is 5.69 Å². The van der Waals surface area contributed by atoms with Gasteiger partial charge in [-0.15, -0.1) is 0 Å². The van der Waals surface area contributed by atoms with Crippen LogP contribution in [0.2, 0.25) is 5.02 Å². The summed E-state index contributed by atoms with van der Waals surface area (Å²) in [7, 11) is -0.968. The van der Waals surface area contributed by atoms with Crippen LogP contribution in [0.15, 0.2) is 47.4 Å². The van der Waals surface area contributed by atoms with E-state index in [9.17, 15) is 18.0 Å². The maximum atomic E-state index is 12.6. The Balaban J connectivity index is 1.74. The van der Waals surface area contributed by atoms with Crippen molar-refractivity contribution in [2.24, 2.45) is 0 Å². The summed E-state index contributed by atoms with van der Waals surface area (Å²) in [6.45, 7) is 0.0822. The summed E-state index contributed by atoms with van der Waals surface area (Å²) in [6, 6.07) is 11.4. The number of esters is 1. The van der Waals surface area contributed by atoms with Crippen LogP contribution in [0, 0.1) is 0 Å². The predicted molar refractivity (Wildman–Crippen MR) is 110 cm³/mol. The van der Waals surface area contributed by atoms with Crippen molar-refractivity contribution in [3.63, 3.8) is 0 Å². The highest BCUT2D eigenvalue weighted by molar-refractivity contribution is 7.89. The van der Waals surface area contributed by atoms with Crippen LogP contribution in [-0.2, 0) is 26.0 Å². The van der Waals surface area contributed by atoms with Crippen molar-refractivity contribution in [3.8, 4) is 0 Å². The van der Waals surface area contributed by atoms with E-state index in [-0.39, 0.29) is 21.4 Å². The fraction of sp³-hybridized carbons (Fsp3) is 0.300. The lowest BCUT2D eigenvalue weighted by molar-refractivity contribution is -0.121. The minimum Gasteiger partial charge on any atom is -0.452 e. The van der Waals surface area contributed by atoms with E-state index in [2.05, 4.69) is 0 Å². The van der Waals surface area contributed by atoms with E-state index in [1.54, 1.807) is 4.90 Å². The number of fused-ring (bicyclic) bond motifs is 1. The molecule has 0 atom stereocenters. The maximum absolute atomic E-state index is 12.6. The summed E-state index contributed by atoms with van der Waals surface area (Å²) in [6.07, 6.45) is 1.72. The monoisotopic (exact) mass is 436 g/mol. The first kappa shape index (κ1) is 21.3. The number of hydrogen-bond acceptors (Lipinski definition) is 5. The van der Waals surface area contributed by atoms with E-state index < -0.39 is 22.6 Å². The fourth-order valence-electron chi connectivity index (χ4n) is 3.11. The van der Waals surface area contributed by atoms with E-state index in [0.29, 0.717) is 6.54 Å². The first-order valence-electron chi connectivity index (χ1n) is 8.99. The number of ether oxygens (including phenoxy) is 1. The molecule has 7 nitrogen and oxygen atoms in total. The van der Waals surface area contributed by atoms with Crippen molar-refractivity contribution in [1.29, 1.82) is 0 Å². The second-order valence-corrected chi connectivity index (χ2v) is 9.34. The van der Waals surface area contributed by atoms with Gasteiger partial charge in [0.2, 0.25) is 10.0 Å². The van der Waals surface area contributed by atoms with Crippen LogP contribution < -0.4 is 4.90 Å². The van der Waals surface area contributed by atoms with Gasteiger partial charge in [-0.05, 0) is 42.7 Å². The third-order valence-corrected chi connectivity index (χ3v) is 6.82. The number of aryl methyl sites for hydroxylation is 1. The van der Waals surface area contributed by atoms with E-state index in [1.165, 1.54) is 26.2 Å². The summed E-state index contributed by atoms with van der Waals surface area (Å²) < 4.78 is 30.7. The van der Waals surface area contributed by atoms with Gasteiger partial charge in [0.05, 0.1) is 15.5 Å². The highest BCUT2D eigenvalue weighted by atomic mass is 35.5. The molecule has 2 aromatic rings. The third-order valence-electron chi connectivity index (χ3n) is 4.67. The number of amides is 1. The predicted octanol–water partition coefficient (Wildman–Crippen LogP) is 2.73. The Bertz CT molecular complexity index is 1050. The summed E-state index contributed by atoms with van der Waals surface area (Å²) in [5.41, 5.74) is 1.78. The van der Waals surface area contributed by atoms with Crippen LogP contribution in [0.5, 0.6) is 0 Å². The maximum Gasteiger partial charge on any atom is 0.340 e. The molecule has 154 valence electrons. The Morgan fingerprint density at radius 3 is 2.62 bits per heavy atom. The molecule has 0 N–H and O–H groups in total. The fourth-order valence-corrected chi connectivity index (χ4v) is 4.23. The molecule has 0 saturated heterocycles.